The molecule has 0 fully saturated rings. The second kappa shape index (κ2) is 3.95. The van der Waals surface area contributed by atoms with Crippen LogP contribution >= 0.6 is 11.6 Å². The molecule has 4 heteroatoms. The first-order valence-electron chi connectivity index (χ1n) is 4.42. The Hall–Kier alpha value is -1.48. The fourth-order valence-corrected chi connectivity index (χ4v) is 1.32. The molecule has 15 heavy (non-hydrogen) atoms. The van der Waals surface area contributed by atoms with Gasteiger partial charge in [-0.05, 0) is 42.8 Å². The Morgan fingerprint density at radius 1 is 1.13 bits per heavy atom. The summed E-state index contributed by atoms with van der Waals surface area (Å²) >= 11 is 5.76. The van der Waals surface area contributed by atoms with E-state index in [2.05, 4.69) is 10.2 Å². The van der Waals surface area contributed by atoms with Crippen molar-refractivity contribution in [3.05, 3.63) is 46.9 Å². The SMILES string of the molecule is Cc1cc(-c2ccc(F)cc2)nnc1Cl. The fourth-order valence-electron chi connectivity index (χ4n) is 1.23. The third kappa shape index (κ3) is 2.13. The van der Waals surface area contributed by atoms with Gasteiger partial charge < -0.3 is 0 Å². The standard InChI is InChI=1S/C11H8ClFN2/c1-7-6-10(14-15-11(7)12)8-2-4-9(13)5-3-8/h2-6H,1H3. The van der Waals surface area contributed by atoms with E-state index in [-0.39, 0.29) is 5.82 Å². The van der Waals surface area contributed by atoms with E-state index in [9.17, 15) is 4.39 Å². The summed E-state index contributed by atoms with van der Waals surface area (Å²) < 4.78 is 12.7. The Labute approximate surface area is 91.7 Å². The topological polar surface area (TPSA) is 25.8 Å². The quantitative estimate of drug-likeness (QED) is 0.740. The second-order valence-electron chi connectivity index (χ2n) is 3.21. The second-order valence-corrected chi connectivity index (χ2v) is 3.57. The van der Waals surface area contributed by atoms with E-state index >= 15 is 0 Å². The van der Waals surface area contributed by atoms with Crippen LogP contribution in [0.3, 0.4) is 0 Å². The number of nitrogens with zero attached hydrogens (tertiary/aromatic N) is 2. The van der Waals surface area contributed by atoms with Crippen molar-refractivity contribution >= 4 is 11.6 Å². The monoisotopic (exact) mass is 222 g/mol. The van der Waals surface area contributed by atoms with E-state index in [0.29, 0.717) is 10.8 Å². The van der Waals surface area contributed by atoms with Crippen molar-refractivity contribution in [3.8, 4) is 11.3 Å². The summed E-state index contributed by atoms with van der Waals surface area (Å²) in [5.41, 5.74) is 2.37. The van der Waals surface area contributed by atoms with Crippen molar-refractivity contribution in [1.82, 2.24) is 10.2 Å². The van der Waals surface area contributed by atoms with E-state index in [0.717, 1.165) is 11.1 Å². The van der Waals surface area contributed by atoms with Gasteiger partial charge in [0.2, 0.25) is 0 Å². The van der Waals surface area contributed by atoms with Crippen LogP contribution in [0.2, 0.25) is 5.15 Å². The summed E-state index contributed by atoms with van der Waals surface area (Å²) in [7, 11) is 0. The van der Waals surface area contributed by atoms with Crippen LogP contribution < -0.4 is 0 Å². The van der Waals surface area contributed by atoms with Gasteiger partial charge in [-0.15, -0.1) is 10.2 Å². The predicted octanol–water partition coefficient (Wildman–Crippen LogP) is 3.24. The van der Waals surface area contributed by atoms with E-state index in [1.807, 2.05) is 13.0 Å². The molecular formula is C11H8ClFN2. The molecule has 2 nitrogen and oxygen atoms in total. The number of rotatable bonds is 1. The molecule has 0 N–H and O–H groups in total. The van der Waals surface area contributed by atoms with Crippen molar-refractivity contribution in [3.63, 3.8) is 0 Å². The highest BCUT2D eigenvalue weighted by Gasteiger charge is 2.03. The van der Waals surface area contributed by atoms with Crippen LogP contribution in [0.1, 0.15) is 5.56 Å². The average molecular weight is 223 g/mol. The van der Waals surface area contributed by atoms with Crippen LogP contribution in [0.25, 0.3) is 11.3 Å². The van der Waals surface area contributed by atoms with Gasteiger partial charge in [0.25, 0.3) is 0 Å². The normalized spacial score (nSPS) is 10.3. The zero-order chi connectivity index (χ0) is 10.8. The minimum absolute atomic E-state index is 0.266. The number of aryl methyl sites for hydroxylation is 1. The molecule has 0 aliphatic carbocycles. The Bertz CT molecular complexity index is 482. The molecule has 0 radical (unpaired) electrons. The molecule has 1 aromatic carbocycles. The lowest BCUT2D eigenvalue weighted by molar-refractivity contribution is 0.628. The first-order valence-corrected chi connectivity index (χ1v) is 4.80. The molecule has 0 unspecified atom stereocenters. The molecule has 0 aliphatic rings. The molecule has 1 aromatic heterocycles. The maximum Gasteiger partial charge on any atom is 0.154 e. The van der Waals surface area contributed by atoms with Gasteiger partial charge in [0.15, 0.2) is 5.15 Å². The summed E-state index contributed by atoms with van der Waals surface area (Å²) in [4.78, 5) is 0. The van der Waals surface area contributed by atoms with Crippen molar-refractivity contribution in [1.29, 1.82) is 0 Å². The number of halogens is 2. The smallest absolute Gasteiger partial charge is 0.154 e. The summed E-state index contributed by atoms with van der Waals surface area (Å²) in [6, 6.07) is 7.92. The van der Waals surface area contributed by atoms with Crippen LogP contribution in [-0.2, 0) is 0 Å². The van der Waals surface area contributed by atoms with Gasteiger partial charge in [-0.2, -0.15) is 0 Å². The number of aromatic nitrogens is 2. The highest BCUT2D eigenvalue weighted by atomic mass is 35.5. The van der Waals surface area contributed by atoms with Crippen LogP contribution in [0.4, 0.5) is 4.39 Å². The Morgan fingerprint density at radius 2 is 1.80 bits per heavy atom. The number of hydrogen-bond donors (Lipinski definition) is 0. The molecule has 0 bridgehead atoms. The Balaban J connectivity index is 2.45. The summed E-state index contributed by atoms with van der Waals surface area (Å²) in [5, 5.41) is 8.12. The molecule has 0 spiro atoms. The van der Waals surface area contributed by atoms with E-state index < -0.39 is 0 Å². The highest BCUT2D eigenvalue weighted by Crippen LogP contribution is 2.20. The summed E-state index contributed by atoms with van der Waals surface area (Å²) in [5.74, 6) is -0.266. The zero-order valence-electron chi connectivity index (χ0n) is 8.04. The van der Waals surface area contributed by atoms with Gasteiger partial charge in [0.05, 0.1) is 5.69 Å². The van der Waals surface area contributed by atoms with Gasteiger partial charge in [0.1, 0.15) is 5.82 Å². The highest BCUT2D eigenvalue weighted by molar-refractivity contribution is 6.30. The van der Waals surface area contributed by atoms with Crippen molar-refractivity contribution in [2.24, 2.45) is 0 Å². The Morgan fingerprint density at radius 3 is 2.40 bits per heavy atom. The third-order valence-electron chi connectivity index (χ3n) is 2.06. The van der Waals surface area contributed by atoms with Gasteiger partial charge >= 0.3 is 0 Å². The van der Waals surface area contributed by atoms with Gasteiger partial charge in [-0.25, -0.2) is 4.39 Å². The lowest BCUT2D eigenvalue weighted by Crippen LogP contribution is -1.90. The molecular weight excluding hydrogens is 215 g/mol. The lowest BCUT2D eigenvalue weighted by atomic mass is 10.1. The summed E-state index contributed by atoms with van der Waals surface area (Å²) in [6.45, 7) is 1.85. The maximum atomic E-state index is 12.7. The molecule has 0 aliphatic heterocycles. The molecule has 0 amide bonds. The summed E-state index contributed by atoms with van der Waals surface area (Å²) in [6.07, 6.45) is 0. The van der Waals surface area contributed by atoms with Crippen LogP contribution in [0.5, 0.6) is 0 Å². The van der Waals surface area contributed by atoms with Gasteiger partial charge in [-0.1, -0.05) is 11.6 Å². The first kappa shape index (κ1) is 10.1. The molecule has 0 atom stereocenters. The maximum absolute atomic E-state index is 12.7. The largest absolute Gasteiger partial charge is 0.207 e. The van der Waals surface area contributed by atoms with Crippen LogP contribution in [0.15, 0.2) is 30.3 Å². The minimum atomic E-state index is -0.266. The van der Waals surface area contributed by atoms with E-state index in [1.54, 1.807) is 12.1 Å². The van der Waals surface area contributed by atoms with Gasteiger partial charge in [0, 0.05) is 5.56 Å². The van der Waals surface area contributed by atoms with Crippen LogP contribution in [-0.4, -0.2) is 10.2 Å². The van der Waals surface area contributed by atoms with E-state index in [4.69, 9.17) is 11.6 Å². The molecule has 0 saturated heterocycles. The Kier molecular flexibility index (Phi) is 2.64. The fraction of sp³-hybridized carbons (Fsp3) is 0.0909. The van der Waals surface area contributed by atoms with Crippen molar-refractivity contribution in [2.45, 2.75) is 6.92 Å². The van der Waals surface area contributed by atoms with E-state index in [1.165, 1.54) is 12.1 Å². The van der Waals surface area contributed by atoms with Crippen LogP contribution in [0, 0.1) is 12.7 Å². The molecule has 1 heterocycles. The first-order chi connectivity index (χ1) is 7.16. The average Bonchev–Trinajstić information content (AvgIpc) is 2.23. The predicted molar refractivity (Wildman–Crippen MR) is 57.2 cm³/mol. The zero-order valence-corrected chi connectivity index (χ0v) is 8.79. The van der Waals surface area contributed by atoms with Crippen molar-refractivity contribution < 1.29 is 4.39 Å². The third-order valence-corrected chi connectivity index (χ3v) is 2.44. The number of benzene rings is 1. The number of hydrogen-bond acceptors (Lipinski definition) is 2. The molecule has 2 aromatic rings. The molecule has 0 saturated carbocycles. The lowest BCUT2D eigenvalue weighted by Gasteiger charge is -2.01. The van der Waals surface area contributed by atoms with Crippen molar-refractivity contribution in [2.75, 3.05) is 0 Å². The molecule has 2 rings (SSSR count). The molecule has 76 valence electrons. The minimum Gasteiger partial charge on any atom is -0.207 e. The van der Waals surface area contributed by atoms with Gasteiger partial charge in [-0.3, -0.25) is 0 Å².